The van der Waals surface area contributed by atoms with Gasteiger partial charge in [0.15, 0.2) is 0 Å². The molecule has 2 nitrogen and oxygen atoms in total. The van der Waals surface area contributed by atoms with E-state index in [1.54, 1.807) is 0 Å². The fraction of sp³-hybridized carbons (Fsp3) is 0.296. The van der Waals surface area contributed by atoms with Crippen LogP contribution < -0.4 is 9.80 Å². The van der Waals surface area contributed by atoms with Crippen LogP contribution in [0.25, 0.3) is 12.2 Å². The summed E-state index contributed by atoms with van der Waals surface area (Å²) in [6, 6.07) is 33.4. The molecule has 0 spiro atoms. The molecule has 294 valence electrons. The Morgan fingerprint density at radius 1 is 0.351 bits per heavy atom. The Hall–Kier alpha value is -4.99. The quantitative estimate of drug-likeness (QED) is 0.152. The van der Waals surface area contributed by atoms with Crippen molar-refractivity contribution in [2.75, 3.05) is 21.3 Å². The minimum Gasteiger partial charge on any atom is -0.309 e. The van der Waals surface area contributed by atoms with Gasteiger partial charge in [-0.25, -0.2) is 0 Å². The summed E-state index contributed by atoms with van der Waals surface area (Å²) < 4.78 is 0. The molecule has 0 bridgehead atoms. The van der Waals surface area contributed by atoms with Gasteiger partial charge in [-0.3, -0.25) is 0 Å². The highest BCUT2D eigenvalue weighted by molar-refractivity contribution is 8.33. The lowest BCUT2D eigenvalue weighted by atomic mass is 9.98. The SMILES string of the molecule is CCS1(CC)c2cc(N(c3c(C)cc(C)cc3C)c3c(C)cc(C)cc3C)ccc2C=Cc2ccc(N(c3c(C)cc(C)cc3C)c3c(C)cc(C)cc3C)cc21. The van der Waals surface area contributed by atoms with Crippen molar-refractivity contribution < 1.29 is 0 Å². The Labute approximate surface area is 345 Å². The molecule has 6 aromatic rings. The van der Waals surface area contributed by atoms with Crippen LogP contribution in [0.1, 0.15) is 91.7 Å². The van der Waals surface area contributed by atoms with E-state index in [4.69, 9.17) is 0 Å². The van der Waals surface area contributed by atoms with E-state index in [-0.39, 0.29) is 0 Å². The van der Waals surface area contributed by atoms with Gasteiger partial charge in [0.05, 0.1) is 22.7 Å². The summed E-state index contributed by atoms with van der Waals surface area (Å²) in [5.74, 6) is 2.13. The second kappa shape index (κ2) is 15.4. The zero-order valence-corrected chi connectivity index (χ0v) is 37.8. The average Bonchev–Trinajstić information content (AvgIpc) is 3.26. The lowest BCUT2D eigenvalue weighted by Crippen LogP contribution is -2.18. The number of aryl methyl sites for hydroxylation is 12. The van der Waals surface area contributed by atoms with Gasteiger partial charge >= 0.3 is 0 Å². The van der Waals surface area contributed by atoms with E-state index in [0.717, 1.165) is 11.5 Å². The lowest BCUT2D eigenvalue weighted by molar-refractivity contribution is 1.15. The van der Waals surface area contributed by atoms with Crippen molar-refractivity contribution in [1.29, 1.82) is 0 Å². The number of fused-ring (bicyclic) bond motifs is 2. The smallest absolute Gasteiger partial charge is 0.0520 e. The van der Waals surface area contributed by atoms with Gasteiger partial charge in [-0.1, -0.05) is 109 Å². The van der Waals surface area contributed by atoms with Gasteiger partial charge in [0.1, 0.15) is 0 Å². The first-order valence-corrected chi connectivity index (χ1v) is 22.7. The fourth-order valence-electron chi connectivity index (χ4n) is 10.2. The van der Waals surface area contributed by atoms with Gasteiger partial charge < -0.3 is 9.80 Å². The van der Waals surface area contributed by atoms with Crippen molar-refractivity contribution in [2.24, 2.45) is 0 Å². The van der Waals surface area contributed by atoms with Gasteiger partial charge in [-0.15, -0.1) is 0 Å². The molecule has 3 heteroatoms. The average molecular weight is 771 g/mol. The molecular weight excluding hydrogens is 709 g/mol. The minimum absolute atomic E-state index is 1.06. The van der Waals surface area contributed by atoms with Gasteiger partial charge in [-0.2, -0.15) is 10.0 Å². The molecule has 0 unspecified atom stereocenters. The van der Waals surface area contributed by atoms with E-state index in [0.29, 0.717) is 0 Å². The van der Waals surface area contributed by atoms with Crippen LogP contribution in [0.5, 0.6) is 0 Å². The maximum absolute atomic E-state index is 2.57. The summed E-state index contributed by atoms with van der Waals surface area (Å²) in [6.45, 7) is 31.9. The highest BCUT2D eigenvalue weighted by atomic mass is 32.3. The largest absolute Gasteiger partial charge is 0.309 e. The molecule has 0 radical (unpaired) electrons. The number of rotatable bonds is 8. The Bertz CT molecular complexity index is 2200. The first-order chi connectivity index (χ1) is 27.1. The molecule has 1 aliphatic rings. The molecule has 57 heavy (non-hydrogen) atoms. The van der Waals surface area contributed by atoms with Crippen molar-refractivity contribution in [3.8, 4) is 0 Å². The monoisotopic (exact) mass is 770 g/mol. The van der Waals surface area contributed by atoms with E-state index in [2.05, 4.69) is 204 Å². The second-order valence-corrected chi connectivity index (χ2v) is 20.7. The summed E-state index contributed by atoms with van der Waals surface area (Å²) >= 11 is 0. The Morgan fingerprint density at radius 2 is 0.596 bits per heavy atom. The van der Waals surface area contributed by atoms with Crippen LogP contribution >= 0.6 is 10.0 Å². The number of hydrogen-bond acceptors (Lipinski definition) is 2. The van der Waals surface area contributed by atoms with Crippen LogP contribution in [0.2, 0.25) is 0 Å². The molecule has 0 aromatic heterocycles. The highest BCUT2D eigenvalue weighted by Crippen LogP contribution is 2.67. The molecule has 0 saturated heterocycles. The van der Waals surface area contributed by atoms with Crippen LogP contribution in [0, 0.1) is 83.1 Å². The molecular formula is C54H62N2S. The predicted molar refractivity (Wildman–Crippen MR) is 253 cm³/mol. The van der Waals surface area contributed by atoms with Crippen molar-refractivity contribution in [2.45, 2.75) is 107 Å². The minimum atomic E-state index is -1.49. The number of hydrogen-bond donors (Lipinski definition) is 0. The molecule has 0 atom stereocenters. The molecule has 0 fully saturated rings. The van der Waals surface area contributed by atoms with Crippen molar-refractivity contribution in [3.63, 3.8) is 0 Å². The number of anilines is 6. The van der Waals surface area contributed by atoms with E-state index in [1.807, 2.05) is 0 Å². The molecule has 0 aliphatic carbocycles. The number of nitrogens with zero attached hydrogens (tertiary/aromatic N) is 2. The molecule has 0 saturated carbocycles. The molecule has 6 aromatic carbocycles. The maximum atomic E-state index is 2.57. The second-order valence-electron chi connectivity index (χ2n) is 16.9. The standard InChI is InChI=1S/C54H62N2S/c1-15-57(16-2)49-31-47(55(51-37(7)23-33(3)24-38(51)8)52-39(9)25-34(4)26-40(52)10)21-19-45(49)17-18-46-20-22-48(32-50(46)57)56(53-41(11)27-35(5)28-42(53)12)54-43(13)29-36(6)30-44(54)14/h17-32H,15-16H2,1-14H3. The Morgan fingerprint density at radius 3 is 0.825 bits per heavy atom. The summed E-state index contributed by atoms with van der Waals surface area (Å²) in [5, 5.41) is 0. The van der Waals surface area contributed by atoms with Crippen LogP contribution in [0.15, 0.2) is 94.7 Å². The molecule has 0 N–H and O–H groups in total. The third-order valence-electron chi connectivity index (χ3n) is 12.2. The van der Waals surface area contributed by atoms with Crippen molar-refractivity contribution in [1.82, 2.24) is 0 Å². The lowest BCUT2D eigenvalue weighted by Gasteiger charge is -2.42. The van der Waals surface area contributed by atoms with Crippen molar-refractivity contribution in [3.05, 3.63) is 163 Å². The maximum Gasteiger partial charge on any atom is 0.0520 e. The predicted octanol–water partition coefficient (Wildman–Crippen LogP) is 16.1. The van der Waals surface area contributed by atoms with E-state index < -0.39 is 10.0 Å². The topological polar surface area (TPSA) is 6.48 Å². The van der Waals surface area contributed by atoms with Crippen LogP contribution in [0.3, 0.4) is 0 Å². The van der Waals surface area contributed by atoms with Gasteiger partial charge in [0.25, 0.3) is 0 Å². The number of benzene rings is 6. The van der Waals surface area contributed by atoms with E-state index in [1.165, 1.54) is 122 Å². The summed E-state index contributed by atoms with van der Waals surface area (Å²) in [5.41, 5.74) is 25.8. The first-order valence-electron chi connectivity index (χ1n) is 20.7. The first kappa shape index (κ1) is 40.2. The summed E-state index contributed by atoms with van der Waals surface area (Å²) in [4.78, 5) is 8.10. The normalized spacial score (nSPS) is 13.5. The van der Waals surface area contributed by atoms with Crippen LogP contribution in [-0.2, 0) is 0 Å². The zero-order chi connectivity index (χ0) is 41.1. The van der Waals surface area contributed by atoms with Crippen molar-refractivity contribution >= 4 is 56.3 Å². The van der Waals surface area contributed by atoms with Crippen LogP contribution in [-0.4, -0.2) is 11.5 Å². The molecule has 7 rings (SSSR count). The van der Waals surface area contributed by atoms with Gasteiger partial charge in [0, 0.05) is 21.2 Å². The third kappa shape index (κ3) is 7.03. The van der Waals surface area contributed by atoms with E-state index >= 15 is 0 Å². The van der Waals surface area contributed by atoms with Gasteiger partial charge in [0.2, 0.25) is 0 Å². The zero-order valence-electron chi connectivity index (χ0n) is 37.0. The Kier molecular flexibility index (Phi) is 10.9. The molecule has 1 aliphatic heterocycles. The third-order valence-corrected chi connectivity index (χ3v) is 16.6. The fourth-order valence-corrected chi connectivity index (χ4v) is 14.0. The summed E-state index contributed by atoms with van der Waals surface area (Å²) in [7, 11) is -1.49. The molecule has 0 amide bonds. The Balaban J connectivity index is 1.50. The van der Waals surface area contributed by atoms with E-state index in [9.17, 15) is 0 Å². The van der Waals surface area contributed by atoms with Crippen LogP contribution in [0.4, 0.5) is 34.1 Å². The van der Waals surface area contributed by atoms with Gasteiger partial charge in [-0.05, 0) is 174 Å². The molecule has 1 heterocycles. The summed E-state index contributed by atoms with van der Waals surface area (Å²) in [6.07, 6.45) is 4.76. The highest BCUT2D eigenvalue weighted by Gasteiger charge is 2.34.